The van der Waals surface area contributed by atoms with Crippen molar-refractivity contribution in [2.45, 2.75) is 25.8 Å². The molecule has 0 aromatic heterocycles. The van der Waals surface area contributed by atoms with Crippen LogP contribution in [-0.2, 0) is 9.59 Å². The molecule has 0 radical (unpaired) electrons. The summed E-state index contributed by atoms with van der Waals surface area (Å²) in [6.45, 7) is 2.24. The van der Waals surface area contributed by atoms with E-state index < -0.39 is 23.6 Å². The number of nitrogens with zero attached hydrogens (tertiary/aromatic N) is 2. The van der Waals surface area contributed by atoms with Crippen LogP contribution < -0.4 is 0 Å². The number of halogens is 1. The molecular weight excluding hydrogens is 299 g/mol. The fraction of sp³-hybridized carbons (Fsp3) is 0.471. The van der Waals surface area contributed by atoms with Crippen molar-refractivity contribution in [3.8, 4) is 0 Å². The van der Waals surface area contributed by atoms with E-state index in [0.717, 1.165) is 0 Å². The van der Waals surface area contributed by atoms with Crippen LogP contribution in [-0.4, -0.2) is 54.1 Å². The number of hydrogen-bond acceptors (Lipinski definition) is 3. The van der Waals surface area contributed by atoms with Gasteiger partial charge >= 0.3 is 0 Å². The molecule has 5 nitrogen and oxygen atoms in total. The molecule has 0 unspecified atom stereocenters. The molecule has 0 spiro atoms. The van der Waals surface area contributed by atoms with Crippen molar-refractivity contribution >= 4 is 17.6 Å². The Bertz CT molecular complexity index is 632. The van der Waals surface area contributed by atoms with E-state index in [-0.39, 0.29) is 23.8 Å². The highest BCUT2D eigenvalue weighted by Gasteiger charge is 2.36. The molecule has 124 valence electrons. The second kappa shape index (κ2) is 6.89. The highest BCUT2D eigenvalue weighted by molar-refractivity contribution is 5.99. The molecule has 0 bridgehead atoms. The average Bonchev–Trinajstić information content (AvgIpc) is 2.85. The Labute approximate surface area is 135 Å². The molecule has 6 heteroatoms. The number of ketones is 1. The van der Waals surface area contributed by atoms with Gasteiger partial charge in [0, 0.05) is 33.0 Å². The summed E-state index contributed by atoms with van der Waals surface area (Å²) in [6, 6.07) is 5.25. The normalized spacial score (nSPS) is 18.9. The molecule has 1 fully saturated rings. The van der Waals surface area contributed by atoms with Crippen LogP contribution in [0.1, 0.15) is 30.1 Å². The highest BCUT2D eigenvalue weighted by Crippen LogP contribution is 2.19. The number of Topliss-reactive ketones (excluding diaryl/α,β-unsaturated/α-hetero) is 1. The van der Waals surface area contributed by atoms with Gasteiger partial charge in [0.25, 0.3) is 0 Å². The Morgan fingerprint density at radius 3 is 2.61 bits per heavy atom. The van der Waals surface area contributed by atoms with E-state index in [1.807, 2.05) is 0 Å². The van der Waals surface area contributed by atoms with Crippen LogP contribution in [0.5, 0.6) is 0 Å². The number of amides is 2. The van der Waals surface area contributed by atoms with E-state index >= 15 is 0 Å². The first kappa shape index (κ1) is 17.1. The quantitative estimate of drug-likeness (QED) is 0.776. The average molecular weight is 320 g/mol. The van der Waals surface area contributed by atoms with E-state index in [9.17, 15) is 18.8 Å². The lowest BCUT2D eigenvalue weighted by molar-refractivity contribution is -0.142. The summed E-state index contributed by atoms with van der Waals surface area (Å²) in [5.41, 5.74) is -0.00789. The zero-order valence-electron chi connectivity index (χ0n) is 13.6. The Morgan fingerprint density at radius 2 is 2.04 bits per heavy atom. The number of likely N-dealkylation sites (N-methyl/N-ethyl adjacent to an activating group) is 2. The van der Waals surface area contributed by atoms with Crippen molar-refractivity contribution in [2.75, 3.05) is 20.6 Å². The molecule has 23 heavy (non-hydrogen) atoms. The number of carbonyl (C=O) groups excluding carboxylic acids is 3. The molecule has 1 aromatic rings. The fourth-order valence-electron chi connectivity index (χ4n) is 2.83. The minimum absolute atomic E-state index is 0.00789. The van der Waals surface area contributed by atoms with E-state index in [4.69, 9.17) is 0 Å². The molecule has 0 saturated carbocycles. The van der Waals surface area contributed by atoms with Gasteiger partial charge in [-0.1, -0.05) is 19.1 Å². The van der Waals surface area contributed by atoms with Gasteiger partial charge in [0.1, 0.15) is 11.9 Å². The largest absolute Gasteiger partial charge is 0.344 e. The minimum atomic E-state index is -0.606. The molecule has 1 aromatic carbocycles. The van der Waals surface area contributed by atoms with Crippen LogP contribution in [0, 0.1) is 11.7 Å². The van der Waals surface area contributed by atoms with Crippen LogP contribution in [0.25, 0.3) is 0 Å². The first-order valence-corrected chi connectivity index (χ1v) is 7.62. The first-order chi connectivity index (χ1) is 10.8. The Morgan fingerprint density at radius 1 is 1.39 bits per heavy atom. The number of rotatable bonds is 5. The summed E-state index contributed by atoms with van der Waals surface area (Å²) in [6.07, 6.45) is 0.506. The van der Waals surface area contributed by atoms with Crippen LogP contribution in [0.2, 0.25) is 0 Å². The van der Waals surface area contributed by atoms with Crippen molar-refractivity contribution in [1.29, 1.82) is 0 Å². The Balaban J connectivity index is 2.01. The van der Waals surface area contributed by atoms with Gasteiger partial charge in [-0.2, -0.15) is 0 Å². The molecule has 0 N–H and O–H groups in total. The molecule has 2 amide bonds. The number of carbonyl (C=O) groups is 3. The summed E-state index contributed by atoms with van der Waals surface area (Å²) >= 11 is 0. The highest BCUT2D eigenvalue weighted by atomic mass is 19.1. The lowest BCUT2D eigenvalue weighted by Gasteiger charge is -2.26. The van der Waals surface area contributed by atoms with Gasteiger partial charge in [-0.3, -0.25) is 14.4 Å². The molecule has 1 aliphatic rings. The molecule has 1 heterocycles. The third-order valence-corrected chi connectivity index (χ3v) is 4.30. The number of likely N-dealkylation sites (tertiary alicyclic amines) is 1. The van der Waals surface area contributed by atoms with Crippen LogP contribution >= 0.6 is 0 Å². The summed E-state index contributed by atoms with van der Waals surface area (Å²) < 4.78 is 13.6. The summed E-state index contributed by atoms with van der Waals surface area (Å²) in [5.74, 6) is -1.96. The van der Waals surface area contributed by atoms with Gasteiger partial charge in [0.05, 0.1) is 5.56 Å². The van der Waals surface area contributed by atoms with Crippen molar-refractivity contribution < 1.29 is 18.8 Å². The van der Waals surface area contributed by atoms with E-state index in [2.05, 4.69) is 0 Å². The molecular formula is C17H21FN2O3. The third kappa shape index (κ3) is 3.57. The summed E-state index contributed by atoms with van der Waals surface area (Å²) in [5, 5.41) is 0. The second-order valence-electron chi connectivity index (χ2n) is 6.02. The van der Waals surface area contributed by atoms with Gasteiger partial charge in [-0.15, -0.1) is 0 Å². The van der Waals surface area contributed by atoms with Gasteiger partial charge in [-0.25, -0.2) is 4.39 Å². The lowest BCUT2D eigenvalue weighted by atomic mass is 9.97. The fourth-order valence-corrected chi connectivity index (χ4v) is 2.83. The Kier molecular flexibility index (Phi) is 5.13. The maximum atomic E-state index is 13.6. The maximum Gasteiger partial charge on any atom is 0.245 e. The van der Waals surface area contributed by atoms with E-state index in [1.165, 1.54) is 23.1 Å². The monoisotopic (exact) mass is 320 g/mol. The van der Waals surface area contributed by atoms with Gasteiger partial charge in [-0.05, 0) is 18.6 Å². The third-order valence-electron chi connectivity index (χ3n) is 4.30. The lowest BCUT2D eigenvalue weighted by Crippen LogP contribution is -2.44. The van der Waals surface area contributed by atoms with Crippen LogP contribution in [0.4, 0.5) is 4.39 Å². The van der Waals surface area contributed by atoms with Crippen LogP contribution in [0.3, 0.4) is 0 Å². The molecule has 2 atom stereocenters. The molecule has 1 saturated heterocycles. The Hall–Kier alpha value is -2.24. The van der Waals surface area contributed by atoms with E-state index in [1.54, 1.807) is 32.0 Å². The number of benzene rings is 1. The standard InChI is InChI=1S/C17H21FN2O3/c1-11(10-15(21)12-6-4-5-7-13(12)18)16(22)20(3)14-8-9-19(2)17(14)23/h4-7,11,14H,8-10H2,1-3H3/t11-,14-/m0/s1. The number of hydrogen-bond donors (Lipinski definition) is 0. The summed E-state index contributed by atoms with van der Waals surface area (Å²) in [4.78, 5) is 39.6. The minimum Gasteiger partial charge on any atom is -0.344 e. The molecule has 1 aliphatic heterocycles. The van der Waals surface area contributed by atoms with Crippen LogP contribution in [0.15, 0.2) is 24.3 Å². The van der Waals surface area contributed by atoms with Gasteiger partial charge in [0.15, 0.2) is 5.78 Å². The zero-order valence-corrected chi connectivity index (χ0v) is 13.6. The van der Waals surface area contributed by atoms with Crippen molar-refractivity contribution in [2.24, 2.45) is 5.92 Å². The predicted molar refractivity (Wildman–Crippen MR) is 83.3 cm³/mol. The summed E-state index contributed by atoms with van der Waals surface area (Å²) in [7, 11) is 3.28. The van der Waals surface area contributed by atoms with Crippen molar-refractivity contribution in [3.05, 3.63) is 35.6 Å². The van der Waals surface area contributed by atoms with Crippen molar-refractivity contribution in [3.63, 3.8) is 0 Å². The topological polar surface area (TPSA) is 57.7 Å². The smallest absolute Gasteiger partial charge is 0.245 e. The van der Waals surface area contributed by atoms with E-state index in [0.29, 0.717) is 13.0 Å². The second-order valence-corrected chi connectivity index (χ2v) is 6.02. The van der Waals surface area contributed by atoms with Gasteiger partial charge < -0.3 is 9.80 Å². The zero-order chi connectivity index (χ0) is 17.1. The van der Waals surface area contributed by atoms with Gasteiger partial charge in [0.2, 0.25) is 11.8 Å². The maximum absolute atomic E-state index is 13.6. The van der Waals surface area contributed by atoms with Crippen molar-refractivity contribution in [1.82, 2.24) is 9.80 Å². The SMILES string of the molecule is C[C@@H](CC(=O)c1ccccc1F)C(=O)N(C)[C@H]1CCN(C)C1=O. The molecule has 0 aliphatic carbocycles. The first-order valence-electron chi connectivity index (χ1n) is 7.62. The predicted octanol–water partition coefficient (Wildman–Crippen LogP) is 1.72. The molecule has 2 rings (SSSR count).